The molecule has 0 fully saturated rings. The van der Waals surface area contributed by atoms with Gasteiger partial charge >= 0.3 is 6.09 Å². The van der Waals surface area contributed by atoms with Crippen LogP contribution >= 0.6 is 0 Å². The van der Waals surface area contributed by atoms with Crippen molar-refractivity contribution >= 4 is 23.5 Å². The molecule has 220 valence electrons. The average Bonchev–Trinajstić information content (AvgIpc) is 3.41. The molecule has 0 saturated heterocycles. The van der Waals surface area contributed by atoms with Crippen molar-refractivity contribution in [3.05, 3.63) is 63.7 Å². The van der Waals surface area contributed by atoms with E-state index in [1.165, 1.54) is 11.7 Å². The number of rotatable bonds is 9. The van der Waals surface area contributed by atoms with Crippen molar-refractivity contribution in [3.63, 3.8) is 0 Å². The molecule has 0 aliphatic carbocycles. The summed E-state index contributed by atoms with van der Waals surface area (Å²) in [7, 11) is 1.17. The van der Waals surface area contributed by atoms with Crippen LogP contribution in [-0.2, 0) is 26.9 Å². The van der Waals surface area contributed by atoms with Gasteiger partial charge in [-0.2, -0.15) is 0 Å². The first-order valence-corrected chi connectivity index (χ1v) is 13.1. The molecule has 2 N–H and O–H groups in total. The highest BCUT2D eigenvalue weighted by Gasteiger charge is 2.35. The van der Waals surface area contributed by atoms with Crippen LogP contribution in [0.25, 0.3) is 0 Å². The Hall–Kier alpha value is -4.42. The quantitative estimate of drug-likeness (QED) is 0.366. The van der Waals surface area contributed by atoms with E-state index < -0.39 is 46.8 Å². The second kappa shape index (κ2) is 12.0. The molecule has 0 radical (unpaired) electrons. The Morgan fingerprint density at radius 1 is 1.10 bits per heavy atom. The maximum atomic E-state index is 13.4. The summed E-state index contributed by atoms with van der Waals surface area (Å²) in [6, 6.07) is 4.43. The number of carbonyl (C=O) groups excluding carboxylic acids is 3. The Morgan fingerprint density at radius 3 is 2.34 bits per heavy atom. The highest BCUT2D eigenvalue weighted by molar-refractivity contribution is 5.98. The van der Waals surface area contributed by atoms with Crippen LogP contribution in [0.3, 0.4) is 0 Å². The van der Waals surface area contributed by atoms with Crippen molar-refractivity contribution in [2.45, 2.75) is 78.8 Å². The van der Waals surface area contributed by atoms with E-state index in [0.29, 0.717) is 11.5 Å². The van der Waals surface area contributed by atoms with E-state index >= 15 is 0 Å². The summed E-state index contributed by atoms with van der Waals surface area (Å²) < 4.78 is 11.6. The third-order valence-corrected chi connectivity index (χ3v) is 6.48. The van der Waals surface area contributed by atoms with Crippen molar-refractivity contribution in [3.8, 4) is 0 Å². The van der Waals surface area contributed by atoms with E-state index in [1.54, 1.807) is 33.0 Å². The molecule has 0 aromatic carbocycles. The van der Waals surface area contributed by atoms with Gasteiger partial charge in [0.25, 0.3) is 11.4 Å². The summed E-state index contributed by atoms with van der Waals surface area (Å²) in [5.41, 5.74) is -1.16. The third kappa shape index (κ3) is 6.84. The summed E-state index contributed by atoms with van der Waals surface area (Å²) in [6.07, 6.45) is 0.806. The number of anilines is 1. The first-order chi connectivity index (χ1) is 19.1. The Labute approximate surface area is 238 Å². The van der Waals surface area contributed by atoms with Crippen LogP contribution in [0.2, 0.25) is 0 Å². The van der Waals surface area contributed by atoms with E-state index in [1.807, 2.05) is 46.8 Å². The van der Waals surface area contributed by atoms with Gasteiger partial charge in [-0.05, 0) is 38.8 Å². The van der Waals surface area contributed by atoms with Crippen molar-refractivity contribution in [2.75, 3.05) is 12.4 Å². The van der Waals surface area contributed by atoms with Crippen molar-refractivity contribution in [2.24, 2.45) is 5.92 Å². The molecular weight excluding hydrogens is 530 g/mol. The number of carbonyl (C=O) groups is 3. The Bertz CT molecular complexity index is 1490. The summed E-state index contributed by atoms with van der Waals surface area (Å²) in [5, 5.41) is 13.1. The number of ether oxygens (including phenoxy) is 1. The lowest BCUT2D eigenvalue weighted by molar-refractivity contribution is -0.122. The zero-order valence-corrected chi connectivity index (χ0v) is 24.9. The molecule has 0 aliphatic heterocycles. The molecule has 0 aliphatic rings. The molecular formula is C28H37N7O6. The summed E-state index contributed by atoms with van der Waals surface area (Å²) in [4.78, 5) is 60.8. The zero-order valence-electron chi connectivity index (χ0n) is 24.9. The lowest BCUT2D eigenvalue weighted by Crippen LogP contribution is -2.47. The van der Waals surface area contributed by atoms with E-state index in [-0.39, 0.29) is 29.1 Å². The van der Waals surface area contributed by atoms with Crippen LogP contribution in [0.1, 0.15) is 82.3 Å². The van der Waals surface area contributed by atoms with Gasteiger partial charge in [0.2, 0.25) is 17.6 Å². The predicted molar refractivity (Wildman–Crippen MR) is 150 cm³/mol. The maximum Gasteiger partial charge on any atom is 0.411 e. The number of amides is 2. The van der Waals surface area contributed by atoms with E-state index in [0.717, 1.165) is 0 Å². The highest BCUT2D eigenvalue weighted by atomic mass is 16.5. The van der Waals surface area contributed by atoms with Gasteiger partial charge in [0.15, 0.2) is 0 Å². The smallest absolute Gasteiger partial charge is 0.411 e. The number of nitrogens with one attached hydrogen (secondary N) is 2. The number of hydrogen-bond acceptors (Lipinski definition) is 10. The van der Waals surface area contributed by atoms with Gasteiger partial charge in [0.05, 0.1) is 30.0 Å². The van der Waals surface area contributed by atoms with Crippen LogP contribution in [0.5, 0.6) is 0 Å². The molecule has 13 heteroatoms. The van der Waals surface area contributed by atoms with Crippen molar-refractivity contribution < 1.29 is 23.5 Å². The van der Waals surface area contributed by atoms with Crippen LogP contribution in [0.15, 0.2) is 33.6 Å². The molecule has 3 heterocycles. The SMILES string of the molecule is COC(=O)Nc1c(C)nc(C(C)(C)C)n(CC(=O)N[C@@H](C(=O)c2nnc(C(C)(C)c3ccccn3)o2)C(C)C)c1=O. The molecule has 3 aromatic heterocycles. The number of aryl methyl sites for hydroxylation is 1. The van der Waals surface area contributed by atoms with Crippen molar-refractivity contribution in [1.29, 1.82) is 0 Å². The normalized spacial score (nSPS) is 12.6. The fourth-order valence-electron chi connectivity index (χ4n) is 4.13. The van der Waals surface area contributed by atoms with Crippen LogP contribution < -0.4 is 16.2 Å². The second-order valence-corrected chi connectivity index (χ2v) is 11.6. The molecule has 2 amide bonds. The molecule has 0 bridgehead atoms. The average molecular weight is 568 g/mol. The van der Waals surface area contributed by atoms with Crippen molar-refractivity contribution in [1.82, 2.24) is 30.0 Å². The number of pyridine rings is 1. The molecule has 13 nitrogen and oxygen atoms in total. The third-order valence-electron chi connectivity index (χ3n) is 6.48. The Kier molecular flexibility index (Phi) is 9.09. The van der Waals surface area contributed by atoms with Gasteiger partial charge in [-0.1, -0.05) is 40.7 Å². The number of methoxy groups -OCH3 is 1. The molecule has 41 heavy (non-hydrogen) atoms. The largest absolute Gasteiger partial charge is 0.453 e. The van der Waals surface area contributed by atoms with Crippen LogP contribution in [-0.4, -0.2) is 55.7 Å². The first kappa shape index (κ1) is 31.1. The minimum Gasteiger partial charge on any atom is -0.453 e. The van der Waals surface area contributed by atoms with Gasteiger partial charge < -0.3 is 14.5 Å². The van der Waals surface area contributed by atoms with Gasteiger partial charge in [-0.25, -0.2) is 9.78 Å². The van der Waals surface area contributed by atoms with Crippen LogP contribution in [0, 0.1) is 12.8 Å². The topological polar surface area (TPSA) is 171 Å². The van der Waals surface area contributed by atoms with Gasteiger partial charge in [0, 0.05) is 11.6 Å². The van der Waals surface area contributed by atoms with Gasteiger partial charge in [0.1, 0.15) is 18.1 Å². The molecule has 0 saturated carbocycles. The number of aromatic nitrogens is 5. The zero-order chi connectivity index (χ0) is 30.7. The fourth-order valence-corrected chi connectivity index (χ4v) is 4.13. The lowest BCUT2D eigenvalue weighted by Gasteiger charge is -2.25. The number of hydrogen-bond donors (Lipinski definition) is 2. The number of ketones is 1. The lowest BCUT2D eigenvalue weighted by atomic mass is 9.89. The highest BCUT2D eigenvalue weighted by Crippen LogP contribution is 2.29. The monoisotopic (exact) mass is 567 g/mol. The predicted octanol–water partition coefficient (Wildman–Crippen LogP) is 3.16. The molecule has 3 aromatic rings. The first-order valence-electron chi connectivity index (χ1n) is 13.1. The molecule has 0 unspecified atom stereocenters. The summed E-state index contributed by atoms with van der Waals surface area (Å²) >= 11 is 0. The standard InChI is InChI=1S/C28H37N7O6/c1-15(2)19(21(37)22-33-34-25(41-22)28(7,8)17-12-10-11-13-29-17)31-18(36)14-35-23(38)20(32-26(39)40-9)16(3)30-24(35)27(4,5)6/h10-13,15,19H,14H2,1-9H3,(H,31,36)(H,32,39)/t19-/m1/s1. The number of nitrogens with zero attached hydrogens (tertiary/aromatic N) is 5. The van der Waals surface area contributed by atoms with Gasteiger partial charge in [-0.15, -0.1) is 10.2 Å². The van der Waals surface area contributed by atoms with E-state index in [2.05, 4.69) is 35.5 Å². The van der Waals surface area contributed by atoms with Gasteiger partial charge in [-0.3, -0.25) is 29.3 Å². The molecule has 1 atom stereocenters. The summed E-state index contributed by atoms with van der Waals surface area (Å²) in [6.45, 7) is 13.9. The van der Waals surface area contributed by atoms with E-state index in [9.17, 15) is 19.2 Å². The fraction of sp³-hybridized carbons (Fsp3) is 0.500. The Morgan fingerprint density at radius 2 is 1.78 bits per heavy atom. The second-order valence-electron chi connectivity index (χ2n) is 11.6. The minimum atomic E-state index is -1.02. The maximum absolute atomic E-state index is 13.4. The summed E-state index contributed by atoms with van der Waals surface area (Å²) in [5.74, 6) is -1.26. The van der Waals surface area contributed by atoms with E-state index in [4.69, 9.17) is 4.42 Å². The Balaban J connectivity index is 1.90. The molecule has 0 spiro atoms. The number of Topliss-reactive ketones (excluding diaryl/α,β-unsaturated/α-hetero) is 1. The minimum absolute atomic E-state index is 0.108. The molecule has 3 rings (SSSR count). The van der Waals surface area contributed by atoms with Crippen LogP contribution in [0.4, 0.5) is 10.5 Å².